The summed E-state index contributed by atoms with van der Waals surface area (Å²) in [6.45, 7) is 5.55. The van der Waals surface area contributed by atoms with Gasteiger partial charge in [0.15, 0.2) is 17.3 Å². The van der Waals surface area contributed by atoms with Crippen LogP contribution in [0.3, 0.4) is 0 Å². The van der Waals surface area contributed by atoms with Gasteiger partial charge in [-0.05, 0) is 30.2 Å². The molecule has 1 N–H and O–H groups in total. The van der Waals surface area contributed by atoms with Crippen LogP contribution >= 0.6 is 0 Å². The molecule has 0 amide bonds. The van der Waals surface area contributed by atoms with E-state index in [2.05, 4.69) is 5.32 Å². The number of benzene rings is 3. The number of anilines is 2. The molecule has 158 valence electrons. The number of nitro groups is 1. The SMILES string of the molecule is CC.Cc1ccc(Nc2c(F)c(F)cc(OCc3ccccc3)c2[N+](=O)[O-])c(F)c1. The van der Waals surface area contributed by atoms with Crippen molar-refractivity contribution < 1.29 is 22.8 Å². The third-order valence-corrected chi connectivity index (χ3v) is 3.96. The van der Waals surface area contributed by atoms with Crippen molar-refractivity contribution in [3.63, 3.8) is 0 Å². The van der Waals surface area contributed by atoms with Crippen LogP contribution in [0.15, 0.2) is 54.6 Å². The van der Waals surface area contributed by atoms with Gasteiger partial charge >= 0.3 is 5.69 Å². The number of halogens is 3. The minimum Gasteiger partial charge on any atom is -0.482 e. The molecule has 3 aromatic carbocycles. The Hall–Kier alpha value is -3.55. The van der Waals surface area contributed by atoms with E-state index in [1.165, 1.54) is 12.1 Å². The van der Waals surface area contributed by atoms with Gasteiger partial charge in [0.2, 0.25) is 5.75 Å². The smallest absolute Gasteiger partial charge is 0.337 e. The number of ether oxygens (including phenoxy) is 1. The summed E-state index contributed by atoms with van der Waals surface area (Å²) >= 11 is 0. The third-order valence-electron chi connectivity index (χ3n) is 3.96. The van der Waals surface area contributed by atoms with Crippen molar-refractivity contribution in [3.8, 4) is 5.75 Å². The zero-order valence-electron chi connectivity index (χ0n) is 16.7. The summed E-state index contributed by atoms with van der Waals surface area (Å²) in [6, 6.07) is 13.3. The van der Waals surface area contributed by atoms with E-state index < -0.39 is 39.5 Å². The topological polar surface area (TPSA) is 64.4 Å². The first-order valence-corrected chi connectivity index (χ1v) is 9.23. The molecule has 0 aliphatic heterocycles. The summed E-state index contributed by atoms with van der Waals surface area (Å²) in [4.78, 5) is 10.6. The molecule has 0 atom stereocenters. The lowest BCUT2D eigenvalue weighted by molar-refractivity contribution is -0.385. The number of nitrogens with zero attached hydrogens (tertiary/aromatic N) is 1. The summed E-state index contributed by atoms with van der Waals surface area (Å²) in [6.07, 6.45) is 0. The first-order chi connectivity index (χ1) is 14.4. The van der Waals surface area contributed by atoms with Crippen LogP contribution in [0.5, 0.6) is 5.75 Å². The summed E-state index contributed by atoms with van der Waals surface area (Å²) < 4.78 is 47.9. The molecule has 0 aliphatic rings. The Morgan fingerprint density at radius 3 is 2.27 bits per heavy atom. The maximum atomic E-state index is 14.3. The Morgan fingerprint density at radius 2 is 1.67 bits per heavy atom. The highest BCUT2D eigenvalue weighted by Crippen LogP contribution is 2.40. The molecule has 5 nitrogen and oxygen atoms in total. The van der Waals surface area contributed by atoms with E-state index in [1.807, 2.05) is 13.8 Å². The van der Waals surface area contributed by atoms with Gasteiger partial charge in [0.05, 0.1) is 10.6 Å². The van der Waals surface area contributed by atoms with Crippen molar-refractivity contribution in [1.29, 1.82) is 0 Å². The predicted molar refractivity (Wildman–Crippen MR) is 110 cm³/mol. The molecule has 0 aromatic heterocycles. The second-order valence-corrected chi connectivity index (χ2v) is 6.03. The Bertz CT molecular complexity index is 1030. The van der Waals surface area contributed by atoms with Crippen LogP contribution in [0.25, 0.3) is 0 Å². The molecule has 3 rings (SSSR count). The molecule has 0 heterocycles. The molecule has 0 saturated heterocycles. The highest BCUT2D eigenvalue weighted by molar-refractivity contribution is 5.75. The van der Waals surface area contributed by atoms with Crippen LogP contribution in [-0.2, 0) is 6.61 Å². The average Bonchev–Trinajstić information content (AvgIpc) is 2.73. The van der Waals surface area contributed by atoms with Crippen molar-refractivity contribution in [2.45, 2.75) is 27.4 Å². The molecule has 0 saturated carbocycles. The first kappa shape index (κ1) is 22.7. The quantitative estimate of drug-likeness (QED) is 0.359. The van der Waals surface area contributed by atoms with E-state index in [9.17, 15) is 23.3 Å². The molecular formula is C22H21F3N2O3. The minimum atomic E-state index is -1.50. The number of hydrogen-bond acceptors (Lipinski definition) is 4. The van der Waals surface area contributed by atoms with Gasteiger partial charge in [-0.1, -0.05) is 50.2 Å². The maximum Gasteiger partial charge on any atom is 0.337 e. The van der Waals surface area contributed by atoms with Gasteiger partial charge in [-0.3, -0.25) is 10.1 Å². The number of nitrogens with one attached hydrogen (secondary N) is 1. The summed E-state index contributed by atoms with van der Waals surface area (Å²) in [7, 11) is 0. The van der Waals surface area contributed by atoms with Gasteiger partial charge in [0, 0.05) is 6.07 Å². The summed E-state index contributed by atoms with van der Waals surface area (Å²) in [5.74, 6) is -4.09. The highest BCUT2D eigenvalue weighted by atomic mass is 19.2. The van der Waals surface area contributed by atoms with Gasteiger partial charge < -0.3 is 10.1 Å². The van der Waals surface area contributed by atoms with Crippen LogP contribution in [-0.4, -0.2) is 4.92 Å². The fourth-order valence-electron chi connectivity index (χ4n) is 2.59. The van der Waals surface area contributed by atoms with Crippen molar-refractivity contribution in [2.24, 2.45) is 0 Å². The van der Waals surface area contributed by atoms with Gasteiger partial charge in [-0.15, -0.1) is 0 Å². The normalized spacial score (nSPS) is 10.1. The standard InChI is InChI=1S/C20H15F3N2O3.C2H6/c1-12-7-8-16(14(21)9-12)24-19-18(23)15(22)10-17(20(19)25(26)27)28-11-13-5-3-2-4-6-13;1-2/h2-10,24H,11H2,1H3;1-2H3. The molecule has 30 heavy (non-hydrogen) atoms. The minimum absolute atomic E-state index is 0.0922. The van der Waals surface area contributed by atoms with Gasteiger partial charge in [0.1, 0.15) is 12.4 Å². The summed E-state index contributed by atoms with van der Waals surface area (Å²) in [5.41, 5.74) is -0.581. The molecular weight excluding hydrogens is 397 g/mol. The van der Waals surface area contributed by atoms with Crippen molar-refractivity contribution in [2.75, 3.05) is 5.32 Å². The Morgan fingerprint density at radius 1 is 1.00 bits per heavy atom. The van der Waals surface area contributed by atoms with Crippen LogP contribution in [0.4, 0.5) is 30.2 Å². The lowest BCUT2D eigenvalue weighted by Crippen LogP contribution is -2.07. The van der Waals surface area contributed by atoms with Crippen LogP contribution in [0.2, 0.25) is 0 Å². The third kappa shape index (κ3) is 5.28. The summed E-state index contributed by atoms with van der Waals surface area (Å²) in [5, 5.41) is 13.8. The Balaban J connectivity index is 0.00000155. The van der Waals surface area contributed by atoms with E-state index in [1.54, 1.807) is 37.3 Å². The zero-order chi connectivity index (χ0) is 22.3. The van der Waals surface area contributed by atoms with E-state index in [4.69, 9.17) is 4.74 Å². The lowest BCUT2D eigenvalue weighted by atomic mass is 10.2. The van der Waals surface area contributed by atoms with Gasteiger partial charge in [0.25, 0.3) is 0 Å². The number of rotatable bonds is 6. The van der Waals surface area contributed by atoms with Crippen molar-refractivity contribution in [1.82, 2.24) is 0 Å². The zero-order valence-corrected chi connectivity index (χ0v) is 16.7. The average molecular weight is 418 g/mol. The molecule has 8 heteroatoms. The number of aryl methyl sites for hydroxylation is 1. The maximum absolute atomic E-state index is 14.3. The fraction of sp³-hybridized carbons (Fsp3) is 0.182. The molecule has 0 radical (unpaired) electrons. The monoisotopic (exact) mass is 418 g/mol. The van der Waals surface area contributed by atoms with E-state index in [0.717, 1.165) is 6.07 Å². The number of nitro benzene ring substituents is 1. The number of hydrogen-bond donors (Lipinski definition) is 1. The van der Waals surface area contributed by atoms with Crippen LogP contribution < -0.4 is 10.1 Å². The highest BCUT2D eigenvalue weighted by Gasteiger charge is 2.29. The first-order valence-electron chi connectivity index (χ1n) is 9.23. The van der Waals surface area contributed by atoms with Crippen LogP contribution in [0.1, 0.15) is 25.0 Å². The molecule has 3 aromatic rings. The molecule has 0 fully saturated rings. The Kier molecular flexibility index (Phi) is 7.80. The lowest BCUT2D eigenvalue weighted by Gasteiger charge is -2.14. The Labute approximate surface area is 172 Å². The van der Waals surface area contributed by atoms with Gasteiger partial charge in [-0.25, -0.2) is 13.2 Å². The van der Waals surface area contributed by atoms with Crippen molar-refractivity contribution in [3.05, 3.63) is 93.3 Å². The molecule has 0 unspecified atom stereocenters. The largest absolute Gasteiger partial charge is 0.482 e. The van der Waals surface area contributed by atoms with Crippen molar-refractivity contribution >= 4 is 17.1 Å². The van der Waals surface area contributed by atoms with E-state index in [-0.39, 0.29) is 12.3 Å². The fourth-order valence-corrected chi connectivity index (χ4v) is 2.59. The van der Waals surface area contributed by atoms with E-state index in [0.29, 0.717) is 17.2 Å². The van der Waals surface area contributed by atoms with Crippen LogP contribution in [0, 0.1) is 34.5 Å². The second kappa shape index (κ2) is 10.3. The van der Waals surface area contributed by atoms with Gasteiger partial charge in [-0.2, -0.15) is 0 Å². The predicted octanol–water partition coefficient (Wildman–Crippen LogP) is 6.67. The molecule has 0 aliphatic carbocycles. The molecule has 0 spiro atoms. The molecule has 0 bridgehead atoms. The second-order valence-electron chi connectivity index (χ2n) is 6.03. The van der Waals surface area contributed by atoms with E-state index >= 15 is 0 Å².